The molecule has 0 radical (unpaired) electrons. The molecule has 0 atom stereocenters. The van der Waals surface area contributed by atoms with Gasteiger partial charge in [0.2, 0.25) is 0 Å². The molecular formula is C23H27N3OS. The number of aryl methyl sites for hydroxylation is 1. The Morgan fingerprint density at radius 2 is 1.89 bits per heavy atom. The van der Waals surface area contributed by atoms with Gasteiger partial charge in [0.05, 0.1) is 6.54 Å². The number of thiocarbonyl (C=S) groups is 1. The lowest BCUT2D eigenvalue weighted by Crippen LogP contribution is -2.40. The average molecular weight is 394 g/mol. The monoisotopic (exact) mass is 393 g/mol. The molecule has 0 amide bonds. The number of aromatic amines is 1. The van der Waals surface area contributed by atoms with Crippen LogP contribution in [-0.2, 0) is 13.1 Å². The lowest BCUT2D eigenvalue weighted by molar-refractivity contribution is 0.397. The van der Waals surface area contributed by atoms with Crippen LogP contribution in [0, 0.1) is 6.92 Å². The Balaban J connectivity index is 1.86. The number of pyridine rings is 1. The summed E-state index contributed by atoms with van der Waals surface area (Å²) in [6.45, 7) is 6.14. The maximum absolute atomic E-state index is 12.7. The minimum Gasteiger partial charge on any atom is -0.363 e. The van der Waals surface area contributed by atoms with E-state index in [1.165, 1.54) is 0 Å². The quantitative estimate of drug-likeness (QED) is 0.458. The summed E-state index contributed by atoms with van der Waals surface area (Å²) in [7, 11) is 0. The van der Waals surface area contributed by atoms with Gasteiger partial charge in [-0.2, -0.15) is 0 Å². The molecule has 28 heavy (non-hydrogen) atoms. The number of nitrogens with one attached hydrogen (secondary N) is 2. The van der Waals surface area contributed by atoms with E-state index in [0.717, 1.165) is 41.4 Å². The third kappa shape index (κ3) is 5.20. The first kappa shape index (κ1) is 20.1. The highest BCUT2D eigenvalue weighted by molar-refractivity contribution is 7.80. The zero-order chi connectivity index (χ0) is 19.9. The molecule has 0 spiro atoms. The maximum atomic E-state index is 12.7. The van der Waals surface area contributed by atoms with Crippen LogP contribution in [0.4, 0.5) is 0 Å². The Morgan fingerprint density at radius 1 is 1.11 bits per heavy atom. The molecule has 1 aromatic heterocycles. The van der Waals surface area contributed by atoms with E-state index in [0.29, 0.717) is 23.8 Å². The van der Waals surface area contributed by atoms with Gasteiger partial charge in [0.1, 0.15) is 0 Å². The van der Waals surface area contributed by atoms with Crippen molar-refractivity contribution < 1.29 is 0 Å². The molecule has 0 saturated carbocycles. The fourth-order valence-corrected chi connectivity index (χ4v) is 3.40. The highest BCUT2D eigenvalue weighted by Gasteiger charge is 2.14. The molecule has 5 heteroatoms. The number of hydrogen-bond acceptors (Lipinski definition) is 2. The molecule has 0 saturated heterocycles. The topological polar surface area (TPSA) is 48.1 Å². The van der Waals surface area contributed by atoms with Gasteiger partial charge < -0.3 is 15.2 Å². The average Bonchev–Trinajstić information content (AvgIpc) is 2.69. The van der Waals surface area contributed by atoms with Crippen molar-refractivity contribution in [2.24, 2.45) is 0 Å². The van der Waals surface area contributed by atoms with Crippen LogP contribution in [0.15, 0.2) is 59.4 Å². The van der Waals surface area contributed by atoms with Gasteiger partial charge in [0.15, 0.2) is 5.11 Å². The van der Waals surface area contributed by atoms with Gasteiger partial charge in [-0.15, -0.1) is 0 Å². The van der Waals surface area contributed by atoms with Gasteiger partial charge in [-0.3, -0.25) is 4.79 Å². The number of benzene rings is 2. The minimum atomic E-state index is -0.0625. The molecule has 4 nitrogen and oxygen atoms in total. The van der Waals surface area contributed by atoms with Crippen molar-refractivity contribution in [2.75, 3.05) is 6.54 Å². The Morgan fingerprint density at radius 3 is 2.64 bits per heavy atom. The second-order valence-corrected chi connectivity index (χ2v) is 7.53. The van der Waals surface area contributed by atoms with E-state index in [1.807, 2.05) is 43.3 Å². The van der Waals surface area contributed by atoms with Crippen molar-refractivity contribution in [1.29, 1.82) is 0 Å². The Labute approximate surface area is 171 Å². The minimum absolute atomic E-state index is 0.0625. The lowest BCUT2D eigenvalue weighted by Gasteiger charge is -2.26. The summed E-state index contributed by atoms with van der Waals surface area (Å²) in [4.78, 5) is 17.7. The van der Waals surface area contributed by atoms with Gasteiger partial charge in [0.25, 0.3) is 5.56 Å². The van der Waals surface area contributed by atoms with E-state index in [-0.39, 0.29) is 5.56 Å². The summed E-state index contributed by atoms with van der Waals surface area (Å²) in [5, 5.41) is 5.05. The number of unbranched alkanes of at least 4 members (excludes halogenated alkanes) is 1. The number of nitrogens with zero attached hydrogens (tertiary/aromatic N) is 1. The summed E-state index contributed by atoms with van der Waals surface area (Å²) in [6, 6.07) is 18.3. The predicted octanol–water partition coefficient (Wildman–Crippen LogP) is 4.51. The zero-order valence-corrected chi connectivity index (χ0v) is 17.3. The van der Waals surface area contributed by atoms with Crippen molar-refractivity contribution in [3.05, 3.63) is 81.6 Å². The van der Waals surface area contributed by atoms with Crippen LogP contribution in [-0.4, -0.2) is 21.5 Å². The SMILES string of the molecule is CCCCNC(=S)N(Cc1ccccc1)Cc1cc2ccc(C)cc2[nH]c1=O. The fraction of sp³-hybridized carbons (Fsp3) is 0.304. The molecule has 0 bridgehead atoms. The number of fused-ring (bicyclic) bond motifs is 1. The van der Waals surface area contributed by atoms with Crippen molar-refractivity contribution in [3.8, 4) is 0 Å². The molecule has 3 aromatic rings. The molecule has 146 valence electrons. The fourth-order valence-electron chi connectivity index (χ4n) is 3.17. The number of H-pyrrole nitrogens is 1. The van der Waals surface area contributed by atoms with Crippen LogP contribution in [0.5, 0.6) is 0 Å². The van der Waals surface area contributed by atoms with E-state index >= 15 is 0 Å². The van der Waals surface area contributed by atoms with E-state index in [1.54, 1.807) is 0 Å². The number of aromatic nitrogens is 1. The lowest BCUT2D eigenvalue weighted by atomic mass is 10.1. The maximum Gasteiger partial charge on any atom is 0.253 e. The number of hydrogen-bond donors (Lipinski definition) is 2. The molecular weight excluding hydrogens is 366 g/mol. The Hall–Kier alpha value is -2.66. The predicted molar refractivity (Wildman–Crippen MR) is 121 cm³/mol. The van der Waals surface area contributed by atoms with Crippen LogP contribution in [0.25, 0.3) is 10.9 Å². The molecule has 0 aliphatic heterocycles. The summed E-state index contributed by atoms with van der Waals surface area (Å²) >= 11 is 5.65. The van der Waals surface area contributed by atoms with Crippen LogP contribution >= 0.6 is 12.2 Å². The molecule has 2 aromatic carbocycles. The standard InChI is InChI=1S/C23H27N3OS/c1-3-4-12-24-23(28)26(15-18-8-6-5-7-9-18)16-20-14-19-11-10-17(2)13-21(19)25-22(20)27/h5-11,13-14H,3-4,12,15-16H2,1-2H3,(H,24,28)(H,25,27). The second-order valence-electron chi connectivity index (χ2n) is 7.14. The normalized spacial score (nSPS) is 10.8. The molecule has 1 heterocycles. The van der Waals surface area contributed by atoms with Gasteiger partial charge in [-0.1, -0.05) is 55.8 Å². The summed E-state index contributed by atoms with van der Waals surface area (Å²) in [6.07, 6.45) is 2.17. The third-order valence-corrected chi connectivity index (χ3v) is 5.15. The smallest absolute Gasteiger partial charge is 0.253 e. The first-order valence-corrected chi connectivity index (χ1v) is 10.2. The van der Waals surface area contributed by atoms with Crippen LogP contribution in [0.3, 0.4) is 0 Å². The second kappa shape index (κ2) is 9.51. The van der Waals surface area contributed by atoms with Crippen LogP contribution in [0.1, 0.15) is 36.5 Å². The summed E-state index contributed by atoms with van der Waals surface area (Å²) in [5.41, 5.74) is 3.81. The van der Waals surface area contributed by atoms with Gasteiger partial charge >= 0.3 is 0 Å². The molecule has 0 unspecified atom stereocenters. The van der Waals surface area contributed by atoms with Gasteiger partial charge in [-0.25, -0.2) is 0 Å². The molecule has 0 aliphatic rings. The Kier molecular flexibility index (Phi) is 6.82. The highest BCUT2D eigenvalue weighted by atomic mass is 32.1. The molecule has 0 fully saturated rings. The van der Waals surface area contributed by atoms with E-state index < -0.39 is 0 Å². The van der Waals surface area contributed by atoms with Crippen LogP contribution < -0.4 is 10.9 Å². The van der Waals surface area contributed by atoms with Gasteiger partial charge in [0, 0.05) is 24.2 Å². The van der Waals surface area contributed by atoms with Crippen molar-refractivity contribution >= 4 is 28.2 Å². The molecule has 3 rings (SSSR count). The van der Waals surface area contributed by atoms with Crippen LogP contribution in [0.2, 0.25) is 0 Å². The van der Waals surface area contributed by atoms with Crippen molar-refractivity contribution in [1.82, 2.24) is 15.2 Å². The van der Waals surface area contributed by atoms with E-state index in [2.05, 4.69) is 40.3 Å². The number of rotatable bonds is 7. The first-order valence-electron chi connectivity index (χ1n) is 9.76. The Bertz CT molecular complexity index is 998. The summed E-state index contributed by atoms with van der Waals surface area (Å²) in [5.74, 6) is 0. The van der Waals surface area contributed by atoms with Crippen molar-refractivity contribution in [2.45, 2.75) is 39.8 Å². The van der Waals surface area contributed by atoms with E-state index in [4.69, 9.17) is 12.2 Å². The van der Waals surface area contributed by atoms with E-state index in [9.17, 15) is 4.79 Å². The zero-order valence-electron chi connectivity index (χ0n) is 16.5. The van der Waals surface area contributed by atoms with Crippen molar-refractivity contribution in [3.63, 3.8) is 0 Å². The third-order valence-electron chi connectivity index (χ3n) is 4.75. The summed E-state index contributed by atoms with van der Waals surface area (Å²) < 4.78 is 0. The van der Waals surface area contributed by atoms with Gasteiger partial charge in [-0.05, 0) is 54.2 Å². The molecule has 2 N–H and O–H groups in total. The highest BCUT2D eigenvalue weighted by Crippen LogP contribution is 2.15. The largest absolute Gasteiger partial charge is 0.363 e. The molecule has 0 aliphatic carbocycles. The first-order chi connectivity index (χ1) is 13.6.